The molecule has 0 aromatic carbocycles. The van der Waals surface area contributed by atoms with Gasteiger partial charge in [0.2, 0.25) is 0 Å². The second-order valence-corrected chi connectivity index (χ2v) is 5.69. The van der Waals surface area contributed by atoms with Crippen LogP contribution in [-0.4, -0.2) is 47.1 Å². The van der Waals surface area contributed by atoms with Crippen LogP contribution in [0.3, 0.4) is 0 Å². The summed E-state index contributed by atoms with van der Waals surface area (Å²) < 4.78 is 7.67. The Morgan fingerprint density at radius 1 is 1.42 bits per heavy atom. The molecule has 2 unspecified atom stereocenters. The second-order valence-electron chi connectivity index (χ2n) is 5.69. The Labute approximate surface area is 115 Å². The summed E-state index contributed by atoms with van der Waals surface area (Å²) in [6.45, 7) is 10.2. The molecule has 2 rings (SSSR count). The average Bonchev–Trinajstić information content (AvgIpc) is 2.62. The van der Waals surface area contributed by atoms with E-state index >= 15 is 0 Å². The largest absolute Gasteiger partial charge is 0.376 e. The van der Waals surface area contributed by atoms with Crippen molar-refractivity contribution in [3.63, 3.8) is 0 Å². The van der Waals surface area contributed by atoms with Gasteiger partial charge in [-0.1, -0.05) is 0 Å². The molecule has 0 bridgehead atoms. The summed E-state index contributed by atoms with van der Waals surface area (Å²) in [4.78, 5) is 14.7. The first-order chi connectivity index (χ1) is 8.90. The fourth-order valence-corrected chi connectivity index (χ4v) is 2.60. The predicted octanol–water partition coefficient (Wildman–Crippen LogP) is 1.93. The van der Waals surface area contributed by atoms with E-state index in [1.165, 1.54) is 0 Å². The topological polar surface area (TPSA) is 34.5 Å². The van der Waals surface area contributed by atoms with Crippen molar-refractivity contribution in [2.45, 2.75) is 39.8 Å². The highest BCUT2D eigenvalue weighted by Crippen LogP contribution is 2.17. The molecule has 0 N–H and O–H groups in total. The monoisotopic (exact) mass is 264 g/mol. The molecule has 1 aliphatic rings. The molecule has 1 aromatic heterocycles. The highest BCUT2D eigenvalue weighted by atomic mass is 16.5. The second kappa shape index (κ2) is 5.47. The van der Waals surface area contributed by atoms with Gasteiger partial charge >= 0.3 is 0 Å². The van der Waals surface area contributed by atoms with Crippen molar-refractivity contribution in [1.29, 1.82) is 0 Å². The number of aromatic nitrogens is 1. The lowest BCUT2D eigenvalue weighted by molar-refractivity contribution is -0.0460. The van der Waals surface area contributed by atoms with Gasteiger partial charge in [-0.15, -0.1) is 0 Å². The van der Waals surface area contributed by atoms with E-state index < -0.39 is 0 Å². The number of hydrogen-bond acceptors (Lipinski definition) is 3. The first-order valence-electron chi connectivity index (χ1n) is 6.92. The fraction of sp³-hybridized carbons (Fsp3) is 0.667. The van der Waals surface area contributed by atoms with Gasteiger partial charge in [0.1, 0.15) is 0 Å². The Morgan fingerprint density at radius 2 is 2.11 bits per heavy atom. The van der Waals surface area contributed by atoms with Gasteiger partial charge in [0.05, 0.1) is 19.3 Å². The zero-order valence-electron chi connectivity index (χ0n) is 12.6. The van der Waals surface area contributed by atoms with E-state index in [-0.39, 0.29) is 11.9 Å². The SMILES string of the molecule is Cc1cc(C(=O)CN2CC(C)OCC2C)c(C)n1C. The van der Waals surface area contributed by atoms with Crippen LogP contribution >= 0.6 is 0 Å². The van der Waals surface area contributed by atoms with Gasteiger partial charge in [-0.05, 0) is 33.8 Å². The third-order valence-corrected chi connectivity index (χ3v) is 4.16. The Kier molecular flexibility index (Phi) is 4.11. The zero-order chi connectivity index (χ0) is 14.2. The normalized spacial score (nSPS) is 24.7. The Hall–Kier alpha value is -1.13. The van der Waals surface area contributed by atoms with Crippen molar-refractivity contribution in [3.8, 4) is 0 Å². The van der Waals surface area contributed by atoms with E-state index in [1.807, 2.05) is 27.0 Å². The van der Waals surface area contributed by atoms with E-state index in [0.717, 1.165) is 23.5 Å². The Bertz CT molecular complexity index is 479. The van der Waals surface area contributed by atoms with Crippen molar-refractivity contribution in [3.05, 3.63) is 23.0 Å². The molecule has 0 aliphatic carbocycles. The van der Waals surface area contributed by atoms with Gasteiger partial charge in [0.25, 0.3) is 0 Å². The summed E-state index contributed by atoms with van der Waals surface area (Å²) in [7, 11) is 2.00. The molecule has 0 spiro atoms. The van der Waals surface area contributed by atoms with Crippen molar-refractivity contribution < 1.29 is 9.53 Å². The number of ether oxygens (including phenoxy) is 1. The third kappa shape index (κ3) is 2.90. The minimum atomic E-state index is 0.210. The molecule has 0 amide bonds. The molecule has 4 heteroatoms. The van der Waals surface area contributed by atoms with Crippen LogP contribution in [0.5, 0.6) is 0 Å². The third-order valence-electron chi connectivity index (χ3n) is 4.16. The van der Waals surface area contributed by atoms with Crippen LogP contribution in [0, 0.1) is 13.8 Å². The van der Waals surface area contributed by atoms with Gasteiger partial charge < -0.3 is 9.30 Å². The average molecular weight is 264 g/mol. The van der Waals surface area contributed by atoms with Gasteiger partial charge in [-0.25, -0.2) is 0 Å². The summed E-state index contributed by atoms with van der Waals surface area (Å²) in [5.74, 6) is 0.210. The first-order valence-corrected chi connectivity index (χ1v) is 6.92. The molecular formula is C15H24N2O2. The number of carbonyl (C=O) groups excluding carboxylic acids is 1. The number of hydrogen-bond donors (Lipinski definition) is 0. The minimum Gasteiger partial charge on any atom is -0.376 e. The molecule has 1 fully saturated rings. The van der Waals surface area contributed by atoms with Crippen LogP contribution in [0.15, 0.2) is 6.07 Å². The van der Waals surface area contributed by atoms with Crippen molar-refractivity contribution >= 4 is 5.78 Å². The summed E-state index contributed by atoms with van der Waals surface area (Å²) >= 11 is 0. The maximum atomic E-state index is 12.5. The van der Waals surface area contributed by atoms with Crippen LogP contribution in [0.25, 0.3) is 0 Å². The number of aryl methyl sites for hydroxylation is 1. The van der Waals surface area contributed by atoms with Gasteiger partial charge in [0.15, 0.2) is 5.78 Å². The minimum absolute atomic E-state index is 0.210. The van der Waals surface area contributed by atoms with Crippen molar-refractivity contribution in [2.24, 2.45) is 7.05 Å². The highest BCUT2D eigenvalue weighted by Gasteiger charge is 2.26. The number of Topliss-reactive ketones (excluding diaryl/α,β-unsaturated/α-hetero) is 1. The maximum absolute atomic E-state index is 12.5. The number of nitrogens with zero attached hydrogens (tertiary/aromatic N) is 2. The lowest BCUT2D eigenvalue weighted by Gasteiger charge is -2.36. The smallest absolute Gasteiger partial charge is 0.178 e. The molecule has 106 valence electrons. The van der Waals surface area contributed by atoms with E-state index in [9.17, 15) is 4.79 Å². The van der Waals surface area contributed by atoms with Gasteiger partial charge in [-0.2, -0.15) is 0 Å². The molecule has 0 saturated carbocycles. The first kappa shape index (κ1) is 14.3. The van der Waals surface area contributed by atoms with Gasteiger partial charge in [-0.3, -0.25) is 9.69 Å². The quantitative estimate of drug-likeness (QED) is 0.782. The summed E-state index contributed by atoms with van der Waals surface area (Å²) in [6.07, 6.45) is 0.211. The van der Waals surface area contributed by atoms with Crippen LogP contribution in [0.1, 0.15) is 35.6 Å². The number of morpholine rings is 1. The lowest BCUT2D eigenvalue weighted by atomic mass is 10.1. The van der Waals surface area contributed by atoms with Crippen LogP contribution in [0.2, 0.25) is 0 Å². The summed E-state index contributed by atoms with van der Waals surface area (Å²) in [6, 6.07) is 2.30. The Morgan fingerprint density at radius 3 is 2.68 bits per heavy atom. The van der Waals surface area contributed by atoms with Crippen LogP contribution < -0.4 is 0 Å². The van der Waals surface area contributed by atoms with E-state index in [4.69, 9.17) is 4.74 Å². The standard InChI is InChI=1S/C15H24N2O2/c1-10-6-14(13(4)16(10)5)15(18)8-17-7-12(3)19-9-11(17)2/h6,11-12H,7-9H2,1-5H3. The van der Waals surface area contributed by atoms with E-state index in [1.54, 1.807) is 0 Å². The number of ketones is 1. The zero-order valence-corrected chi connectivity index (χ0v) is 12.6. The molecule has 1 aromatic rings. The maximum Gasteiger partial charge on any atom is 0.178 e. The molecule has 0 radical (unpaired) electrons. The summed E-state index contributed by atoms with van der Waals surface area (Å²) in [5.41, 5.74) is 3.03. The molecule has 19 heavy (non-hydrogen) atoms. The van der Waals surface area contributed by atoms with Gasteiger partial charge in [0, 0.05) is 36.6 Å². The number of carbonyl (C=O) groups is 1. The lowest BCUT2D eigenvalue weighted by Crippen LogP contribution is -2.49. The van der Waals surface area contributed by atoms with Crippen molar-refractivity contribution in [1.82, 2.24) is 9.47 Å². The number of rotatable bonds is 3. The van der Waals surface area contributed by atoms with E-state index in [2.05, 4.69) is 23.3 Å². The molecule has 2 atom stereocenters. The molecule has 1 saturated heterocycles. The molecule has 4 nitrogen and oxygen atoms in total. The summed E-state index contributed by atoms with van der Waals surface area (Å²) in [5, 5.41) is 0. The predicted molar refractivity (Wildman–Crippen MR) is 75.7 cm³/mol. The van der Waals surface area contributed by atoms with Crippen molar-refractivity contribution in [2.75, 3.05) is 19.7 Å². The Balaban J connectivity index is 2.10. The molecular weight excluding hydrogens is 240 g/mol. The molecule has 2 heterocycles. The van der Waals surface area contributed by atoms with Crippen LogP contribution in [-0.2, 0) is 11.8 Å². The fourth-order valence-electron chi connectivity index (χ4n) is 2.60. The molecule has 1 aliphatic heterocycles. The highest BCUT2D eigenvalue weighted by molar-refractivity contribution is 5.99. The van der Waals surface area contributed by atoms with E-state index in [0.29, 0.717) is 19.2 Å². The van der Waals surface area contributed by atoms with Crippen LogP contribution in [0.4, 0.5) is 0 Å².